The number of aliphatic hydroxyl groups excluding tert-OH is 1. The van der Waals surface area contributed by atoms with Gasteiger partial charge in [-0.1, -0.05) is 31.2 Å². The molecule has 0 aliphatic heterocycles. The van der Waals surface area contributed by atoms with E-state index in [2.05, 4.69) is 10.6 Å². The smallest absolute Gasteiger partial charge is 0.255 e. The molecule has 0 aromatic heterocycles. The van der Waals surface area contributed by atoms with E-state index in [9.17, 15) is 9.59 Å². The highest BCUT2D eigenvalue weighted by atomic mass is 16.3. The molecular weight excluding hydrogens is 316 g/mol. The van der Waals surface area contributed by atoms with Gasteiger partial charge in [0.25, 0.3) is 11.8 Å². The van der Waals surface area contributed by atoms with Crippen molar-refractivity contribution >= 4 is 17.5 Å². The number of nitrogens with one attached hydrogen (secondary N) is 2. The summed E-state index contributed by atoms with van der Waals surface area (Å²) in [5, 5.41) is 14.6. The van der Waals surface area contributed by atoms with Crippen LogP contribution in [0.2, 0.25) is 0 Å². The molecule has 5 nitrogen and oxygen atoms in total. The highest BCUT2D eigenvalue weighted by molar-refractivity contribution is 6.05. The van der Waals surface area contributed by atoms with Crippen LogP contribution in [0.1, 0.15) is 39.6 Å². The van der Waals surface area contributed by atoms with E-state index in [1.54, 1.807) is 36.4 Å². The lowest BCUT2D eigenvalue weighted by molar-refractivity contribution is 0.0944. The minimum absolute atomic E-state index is 0.108. The first-order valence-electron chi connectivity index (χ1n) is 8.37. The van der Waals surface area contributed by atoms with Gasteiger partial charge in [-0.3, -0.25) is 9.59 Å². The predicted molar refractivity (Wildman–Crippen MR) is 98.8 cm³/mol. The highest BCUT2D eigenvalue weighted by Crippen LogP contribution is 2.18. The van der Waals surface area contributed by atoms with Crippen LogP contribution in [0.5, 0.6) is 0 Å². The largest absolute Gasteiger partial charge is 0.396 e. The van der Waals surface area contributed by atoms with E-state index in [-0.39, 0.29) is 24.3 Å². The molecule has 2 aromatic carbocycles. The van der Waals surface area contributed by atoms with Gasteiger partial charge in [0.2, 0.25) is 0 Å². The van der Waals surface area contributed by atoms with Crippen molar-refractivity contribution in [3.8, 4) is 0 Å². The Labute approximate surface area is 148 Å². The normalized spacial score (nSPS) is 11.6. The van der Waals surface area contributed by atoms with Crippen molar-refractivity contribution < 1.29 is 14.7 Å². The molecule has 2 rings (SSSR count). The minimum Gasteiger partial charge on any atom is -0.396 e. The second-order valence-corrected chi connectivity index (χ2v) is 6.18. The molecule has 25 heavy (non-hydrogen) atoms. The number of benzene rings is 2. The number of hydrogen-bond acceptors (Lipinski definition) is 3. The zero-order valence-electron chi connectivity index (χ0n) is 14.6. The number of hydrogen-bond donors (Lipinski definition) is 3. The lowest BCUT2D eigenvalue weighted by Crippen LogP contribution is -2.28. The summed E-state index contributed by atoms with van der Waals surface area (Å²) < 4.78 is 0. The van der Waals surface area contributed by atoms with Gasteiger partial charge in [0, 0.05) is 30.0 Å². The Hall–Kier alpha value is -2.66. The van der Waals surface area contributed by atoms with Crippen molar-refractivity contribution in [2.75, 3.05) is 18.5 Å². The first-order chi connectivity index (χ1) is 12.0. The van der Waals surface area contributed by atoms with Gasteiger partial charge < -0.3 is 15.7 Å². The van der Waals surface area contributed by atoms with Crippen LogP contribution in [0, 0.1) is 12.8 Å². The zero-order chi connectivity index (χ0) is 18.2. The third-order valence-corrected chi connectivity index (χ3v) is 4.02. The van der Waals surface area contributed by atoms with Crippen molar-refractivity contribution in [1.29, 1.82) is 0 Å². The number of aryl methyl sites for hydroxylation is 1. The van der Waals surface area contributed by atoms with Gasteiger partial charge in [-0.2, -0.15) is 0 Å². The maximum absolute atomic E-state index is 12.3. The van der Waals surface area contributed by atoms with Crippen molar-refractivity contribution in [3.63, 3.8) is 0 Å². The molecular formula is C20H24N2O3. The average molecular weight is 340 g/mol. The Morgan fingerprint density at radius 1 is 1.04 bits per heavy atom. The molecule has 0 saturated carbocycles. The van der Waals surface area contributed by atoms with Gasteiger partial charge in [-0.05, 0) is 49.1 Å². The lowest BCUT2D eigenvalue weighted by Gasteiger charge is -2.13. The standard InChI is InChI=1S/C20H24N2O3/c1-14(10-11-23)13-21-19(24)17-9-8-15(2)18(12-17)22-20(25)16-6-4-3-5-7-16/h3-9,12,14,23H,10-11,13H2,1-2H3,(H,21,24)(H,22,25). The molecule has 0 bridgehead atoms. The minimum atomic E-state index is -0.210. The van der Waals surface area contributed by atoms with Crippen LogP contribution in [0.4, 0.5) is 5.69 Å². The van der Waals surface area contributed by atoms with Gasteiger partial charge >= 0.3 is 0 Å². The van der Waals surface area contributed by atoms with Crippen LogP contribution in [0.15, 0.2) is 48.5 Å². The summed E-state index contributed by atoms with van der Waals surface area (Å²) in [6, 6.07) is 14.2. The molecule has 2 aromatic rings. The van der Waals surface area contributed by atoms with E-state index < -0.39 is 0 Å². The van der Waals surface area contributed by atoms with Crippen molar-refractivity contribution in [1.82, 2.24) is 5.32 Å². The van der Waals surface area contributed by atoms with E-state index in [4.69, 9.17) is 5.11 Å². The van der Waals surface area contributed by atoms with Crippen LogP contribution in [-0.2, 0) is 0 Å². The molecule has 0 aliphatic rings. The van der Waals surface area contributed by atoms with E-state index >= 15 is 0 Å². The fraction of sp³-hybridized carbons (Fsp3) is 0.300. The summed E-state index contributed by atoms with van der Waals surface area (Å²) in [4.78, 5) is 24.6. The van der Waals surface area contributed by atoms with E-state index in [0.29, 0.717) is 29.8 Å². The molecule has 1 atom stereocenters. The molecule has 0 fully saturated rings. The van der Waals surface area contributed by atoms with E-state index in [1.165, 1.54) is 0 Å². The number of anilines is 1. The first-order valence-corrected chi connectivity index (χ1v) is 8.37. The number of carbonyl (C=O) groups excluding carboxylic acids is 2. The van der Waals surface area contributed by atoms with Gasteiger partial charge in [0.1, 0.15) is 0 Å². The monoisotopic (exact) mass is 340 g/mol. The Morgan fingerprint density at radius 3 is 2.44 bits per heavy atom. The third kappa shape index (κ3) is 5.43. The zero-order valence-corrected chi connectivity index (χ0v) is 14.6. The summed E-state index contributed by atoms with van der Waals surface area (Å²) >= 11 is 0. The molecule has 1 unspecified atom stereocenters. The molecule has 132 valence electrons. The predicted octanol–water partition coefficient (Wildman–Crippen LogP) is 3.00. The topological polar surface area (TPSA) is 78.4 Å². The van der Waals surface area contributed by atoms with Gasteiger partial charge in [-0.15, -0.1) is 0 Å². The molecule has 0 saturated heterocycles. The van der Waals surface area contributed by atoms with Crippen LogP contribution in [0.3, 0.4) is 0 Å². The first kappa shape index (κ1) is 18.7. The maximum atomic E-state index is 12.3. The number of carbonyl (C=O) groups is 2. The highest BCUT2D eigenvalue weighted by Gasteiger charge is 2.12. The molecule has 0 heterocycles. The molecule has 2 amide bonds. The van der Waals surface area contributed by atoms with Crippen LogP contribution in [-0.4, -0.2) is 30.1 Å². The summed E-state index contributed by atoms with van der Waals surface area (Å²) in [5.41, 5.74) is 2.55. The number of aliphatic hydroxyl groups is 1. The molecule has 0 radical (unpaired) electrons. The Bertz CT molecular complexity index is 729. The fourth-order valence-electron chi connectivity index (χ4n) is 2.37. The quantitative estimate of drug-likeness (QED) is 0.725. The maximum Gasteiger partial charge on any atom is 0.255 e. The summed E-state index contributed by atoms with van der Waals surface area (Å²) in [5.74, 6) is -0.200. The fourth-order valence-corrected chi connectivity index (χ4v) is 2.37. The van der Waals surface area contributed by atoms with Crippen molar-refractivity contribution in [2.24, 2.45) is 5.92 Å². The van der Waals surface area contributed by atoms with Crippen LogP contribution >= 0.6 is 0 Å². The summed E-state index contributed by atoms with van der Waals surface area (Å²) in [6.07, 6.45) is 0.645. The number of amides is 2. The summed E-state index contributed by atoms with van der Waals surface area (Å²) in [7, 11) is 0. The van der Waals surface area contributed by atoms with E-state index in [1.807, 2.05) is 26.0 Å². The molecule has 5 heteroatoms. The second-order valence-electron chi connectivity index (χ2n) is 6.18. The molecule has 0 aliphatic carbocycles. The van der Waals surface area contributed by atoms with E-state index in [0.717, 1.165) is 5.56 Å². The van der Waals surface area contributed by atoms with Crippen molar-refractivity contribution in [3.05, 3.63) is 65.2 Å². The van der Waals surface area contributed by atoms with Gasteiger partial charge in [0.15, 0.2) is 0 Å². The van der Waals surface area contributed by atoms with Crippen molar-refractivity contribution in [2.45, 2.75) is 20.3 Å². The van der Waals surface area contributed by atoms with Crippen LogP contribution in [0.25, 0.3) is 0 Å². The third-order valence-electron chi connectivity index (χ3n) is 4.02. The molecule has 0 spiro atoms. The number of rotatable bonds is 7. The second kappa shape index (κ2) is 8.99. The van der Waals surface area contributed by atoms with Gasteiger partial charge in [0.05, 0.1) is 0 Å². The Balaban J connectivity index is 2.06. The average Bonchev–Trinajstić information content (AvgIpc) is 2.62. The Kier molecular flexibility index (Phi) is 6.71. The Morgan fingerprint density at radius 2 is 1.76 bits per heavy atom. The van der Waals surface area contributed by atoms with Crippen LogP contribution < -0.4 is 10.6 Å². The summed E-state index contributed by atoms with van der Waals surface area (Å²) in [6.45, 7) is 4.46. The lowest BCUT2D eigenvalue weighted by atomic mass is 10.1. The molecule has 3 N–H and O–H groups in total. The van der Waals surface area contributed by atoms with Gasteiger partial charge in [-0.25, -0.2) is 0 Å². The SMILES string of the molecule is Cc1ccc(C(=O)NCC(C)CCO)cc1NC(=O)c1ccccc1.